The van der Waals surface area contributed by atoms with Gasteiger partial charge in [0.05, 0.1) is 6.54 Å². The van der Waals surface area contributed by atoms with Crippen molar-refractivity contribution in [2.75, 3.05) is 26.4 Å². The van der Waals surface area contributed by atoms with Crippen LogP contribution in [0.2, 0.25) is 0 Å². The smallest absolute Gasteiger partial charge is 0.231 e. The first-order chi connectivity index (χ1) is 11.8. The third-order valence-corrected chi connectivity index (χ3v) is 4.35. The van der Waals surface area contributed by atoms with Gasteiger partial charge in [0, 0.05) is 12.1 Å². The van der Waals surface area contributed by atoms with E-state index in [2.05, 4.69) is 60.0 Å². The van der Waals surface area contributed by atoms with Crippen molar-refractivity contribution in [3.05, 3.63) is 53.9 Å². The fraction of sp³-hybridized carbons (Fsp3) is 0.350. The zero-order valence-corrected chi connectivity index (χ0v) is 14.4. The summed E-state index contributed by atoms with van der Waals surface area (Å²) in [6.07, 6.45) is 8.50. The van der Waals surface area contributed by atoms with Crippen molar-refractivity contribution in [1.29, 1.82) is 0 Å². The highest BCUT2D eigenvalue weighted by Crippen LogP contribution is 2.32. The summed E-state index contributed by atoms with van der Waals surface area (Å²) in [5.74, 6) is 1.64. The Hall–Kier alpha value is -2.33. The molecule has 0 fully saturated rings. The summed E-state index contributed by atoms with van der Waals surface area (Å²) in [6.45, 7) is 9.05. The maximum absolute atomic E-state index is 5.41. The zero-order chi connectivity index (χ0) is 16.8. The van der Waals surface area contributed by atoms with E-state index in [9.17, 15) is 0 Å². The normalized spacial score (nSPS) is 13.1. The van der Waals surface area contributed by atoms with E-state index in [4.69, 9.17) is 9.47 Å². The van der Waals surface area contributed by atoms with E-state index >= 15 is 0 Å². The van der Waals surface area contributed by atoms with Gasteiger partial charge in [-0.15, -0.1) is 0 Å². The first-order valence-electron chi connectivity index (χ1n) is 8.57. The summed E-state index contributed by atoms with van der Waals surface area (Å²) in [4.78, 5) is 2.43. The fourth-order valence-electron chi connectivity index (χ4n) is 2.74. The van der Waals surface area contributed by atoms with Gasteiger partial charge in [-0.1, -0.05) is 32.1 Å². The molecule has 0 amide bonds. The summed E-state index contributed by atoms with van der Waals surface area (Å²) in [5, 5.41) is 0. The topological polar surface area (TPSA) is 25.6 Å². The van der Waals surface area contributed by atoms with Gasteiger partial charge in [0.2, 0.25) is 6.79 Å². The number of fused-ring (bicyclic) bond motifs is 1. The maximum Gasteiger partial charge on any atom is 0.231 e. The molecule has 4 nitrogen and oxygen atoms in total. The van der Waals surface area contributed by atoms with E-state index in [1.54, 1.807) is 0 Å². The second kappa shape index (κ2) is 7.97. The van der Waals surface area contributed by atoms with Gasteiger partial charge in [0.15, 0.2) is 30.4 Å². The first-order valence-corrected chi connectivity index (χ1v) is 8.57. The summed E-state index contributed by atoms with van der Waals surface area (Å²) in [5.41, 5.74) is 2.30. The largest absolute Gasteiger partial charge is 0.454 e. The molecule has 0 atom stereocenters. The quantitative estimate of drug-likeness (QED) is 0.731. The minimum Gasteiger partial charge on any atom is -0.454 e. The monoisotopic (exact) mass is 325 g/mol. The second-order valence-electron chi connectivity index (χ2n) is 5.84. The molecule has 2 aromatic rings. The molecule has 0 bridgehead atoms. The number of likely N-dealkylation sites (N-methyl/N-ethyl adjacent to an activating group) is 1. The highest BCUT2D eigenvalue weighted by molar-refractivity contribution is 5.70. The molecule has 126 valence electrons. The van der Waals surface area contributed by atoms with Gasteiger partial charge in [0.25, 0.3) is 0 Å². The Bertz CT molecular complexity index is 691. The molecule has 2 heterocycles. The lowest BCUT2D eigenvalue weighted by atomic mass is 10.1. The molecule has 0 N–H and O–H groups in total. The van der Waals surface area contributed by atoms with Crippen molar-refractivity contribution >= 4 is 12.2 Å². The molecule has 1 aromatic heterocycles. The average molecular weight is 325 g/mol. The van der Waals surface area contributed by atoms with Crippen LogP contribution in [0.4, 0.5) is 0 Å². The van der Waals surface area contributed by atoms with Crippen LogP contribution in [0.5, 0.6) is 11.5 Å². The van der Waals surface area contributed by atoms with Crippen LogP contribution in [0.15, 0.2) is 42.7 Å². The Kier molecular flexibility index (Phi) is 5.49. The van der Waals surface area contributed by atoms with Gasteiger partial charge in [-0.3, -0.25) is 4.90 Å². The first kappa shape index (κ1) is 16.5. The van der Waals surface area contributed by atoms with Gasteiger partial charge in [-0.2, -0.15) is 0 Å². The summed E-state index contributed by atoms with van der Waals surface area (Å²) < 4.78 is 13.0. The molecule has 0 saturated carbocycles. The SMILES string of the molecule is CCN(CC)CC[n+]1ccc(C=Cc2ccc3c(c2)OCO3)cc1. The van der Waals surface area contributed by atoms with E-state index in [0.29, 0.717) is 6.79 Å². The van der Waals surface area contributed by atoms with E-state index in [-0.39, 0.29) is 0 Å². The van der Waals surface area contributed by atoms with Gasteiger partial charge in [-0.25, -0.2) is 4.57 Å². The summed E-state index contributed by atoms with van der Waals surface area (Å²) in [6, 6.07) is 10.3. The number of benzene rings is 1. The molecular formula is C20H25N2O2+. The molecule has 0 saturated heterocycles. The minimum absolute atomic E-state index is 0.314. The summed E-state index contributed by atoms with van der Waals surface area (Å²) >= 11 is 0. The van der Waals surface area contributed by atoms with E-state index in [1.807, 2.05) is 18.2 Å². The Morgan fingerprint density at radius 2 is 1.67 bits per heavy atom. The molecule has 1 aliphatic rings. The van der Waals surface area contributed by atoms with Crippen LogP contribution in [0.1, 0.15) is 25.0 Å². The Morgan fingerprint density at radius 1 is 0.958 bits per heavy atom. The number of nitrogens with zero attached hydrogens (tertiary/aromatic N) is 2. The number of hydrogen-bond donors (Lipinski definition) is 0. The van der Waals surface area contributed by atoms with Gasteiger partial charge in [0.1, 0.15) is 0 Å². The third-order valence-electron chi connectivity index (χ3n) is 4.35. The molecule has 3 rings (SSSR count). The van der Waals surface area contributed by atoms with E-state index < -0.39 is 0 Å². The Morgan fingerprint density at radius 3 is 2.42 bits per heavy atom. The van der Waals surface area contributed by atoms with Crippen molar-refractivity contribution in [2.24, 2.45) is 0 Å². The van der Waals surface area contributed by atoms with Crippen LogP contribution in [0.3, 0.4) is 0 Å². The molecule has 0 radical (unpaired) electrons. The minimum atomic E-state index is 0.314. The van der Waals surface area contributed by atoms with Crippen LogP contribution >= 0.6 is 0 Å². The molecule has 1 aliphatic heterocycles. The van der Waals surface area contributed by atoms with Crippen molar-refractivity contribution in [2.45, 2.75) is 20.4 Å². The van der Waals surface area contributed by atoms with Gasteiger partial charge >= 0.3 is 0 Å². The lowest BCUT2D eigenvalue weighted by Crippen LogP contribution is -2.40. The third kappa shape index (κ3) is 4.15. The maximum atomic E-state index is 5.41. The molecule has 24 heavy (non-hydrogen) atoms. The number of pyridine rings is 1. The molecule has 1 aromatic carbocycles. The second-order valence-corrected chi connectivity index (χ2v) is 5.84. The van der Waals surface area contributed by atoms with E-state index in [0.717, 1.165) is 43.2 Å². The van der Waals surface area contributed by atoms with Crippen LogP contribution in [0, 0.1) is 0 Å². The Labute approximate surface area is 143 Å². The number of hydrogen-bond acceptors (Lipinski definition) is 3. The lowest BCUT2D eigenvalue weighted by molar-refractivity contribution is -0.696. The van der Waals surface area contributed by atoms with Crippen molar-refractivity contribution < 1.29 is 14.0 Å². The molecule has 4 heteroatoms. The summed E-state index contributed by atoms with van der Waals surface area (Å²) in [7, 11) is 0. The van der Waals surface area contributed by atoms with Crippen LogP contribution in [-0.2, 0) is 6.54 Å². The van der Waals surface area contributed by atoms with Crippen LogP contribution in [-0.4, -0.2) is 31.3 Å². The highest BCUT2D eigenvalue weighted by Gasteiger charge is 2.12. The number of ether oxygens (including phenoxy) is 2. The molecule has 0 spiro atoms. The van der Waals surface area contributed by atoms with Gasteiger partial charge in [-0.05, 0) is 36.3 Å². The lowest BCUT2D eigenvalue weighted by Gasteiger charge is -2.15. The van der Waals surface area contributed by atoms with Crippen molar-refractivity contribution in [1.82, 2.24) is 4.90 Å². The molecule has 0 unspecified atom stereocenters. The highest BCUT2D eigenvalue weighted by atomic mass is 16.7. The number of aromatic nitrogens is 1. The fourth-order valence-corrected chi connectivity index (χ4v) is 2.74. The van der Waals surface area contributed by atoms with E-state index in [1.165, 1.54) is 5.56 Å². The number of rotatable bonds is 7. The predicted octanol–water partition coefficient (Wildman–Crippen LogP) is 3.22. The molecule has 0 aliphatic carbocycles. The van der Waals surface area contributed by atoms with Crippen LogP contribution < -0.4 is 14.0 Å². The van der Waals surface area contributed by atoms with Crippen molar-refractivity contribution in [3.8, 4) is 11.5 Å². The standard InChI is InChI=1S/C20H25N2O2/c1-3-21(4-2)13-14-22-11-9-17(10-12-22)5-6-18-7-8-19-20(15-18)24-16-23-19/h5-12,15H,3-4,13-14,16H2,1-2H3/q+1. The van der Waals surface area contributed by atoms with Gasteiger partial charge < -0.3 is 9.47 Å². The predicted molar refractivity (Wildman–Crippen MR) is 95.9 cm³/mol. The average Bonchev–Trinajstić information content (AvgIpc) is 3.09. The molecular weight excluding hydrogens is 300 g/mol. The Balaban J connectivity index is 1.59. The zero-order valence-electron chi connectivity index (χ0n) is 14.4. The van der Waals surface area contributed by atoms with Crippen LogP contribution in [0.25, 0.3) is 12.2 Å². The van der Waals surface area contributed by atoms with Crippen molar-refractivity contribution in [3.63, 3.8) is 0 Å².